The van der Waals surface area contributed by atoms with Crippen molar-refractivity contribution < 1.29 is 17.9 Å². The fraction of sp³-hybridized carbons (Fsp3) is 0.217. The average molecular weight is 470 g/mol. The lowest BCUT2D eigenvalue weighted by Gasteiger charge is -2.22. The van der Waals surface area contributed by atoms with Gasteiger partial charge in [0.1, 0.15) is 5.75 Å². The molecule has 4 rings (SSSR count). The standard InChI is InChI=1S/C23H23N3O4S2/c1-3-30-18-8-6-7-16(13-18)22-14-21(24-26(22)23(27)17-11-12-31-15-17)19-9-4-5-10-20(19)25-32(2,28)29/h4-13,15,22,25H,3,14H2,1-2H3/t22-/m0/s1. The Hall–Kier alpha value is -3.17. The first-order chi connectivity index (χ1) is 15.4. The van der Waals surface area contributed by atoms with Crippen LogP contribution in [0.15, 0.2) is 70.5 Å². The highest BCUT2D eigenvalue weighted by atomic mass is 32.2. The van der Waals surface area contributed by atoms with Crippen LogP contribution < -0.4 is 9.46 Å². The molecule has 0 spiro atoms. The van der Waals surface area contributed by atoms with Gasteiger partial charge in [-0.05, 0) is 42.1 Å². The summed E-state index contributed by atoms with van der Waals surface area (Å²) in [6.07, 6.45) is 1.54. The van der Waals surface area contributed by atoms with Gasteiger partial charge in [0.15, 0.2) is 0 Å². The summed E-state index contributed by atoms with van der Waals surface area (Å²) < 4.78 is 31.9. The molecule has 1 atom stereocenters. The molecule has 1 amide bonds. The molecule has 166 valence electrons. The number of carbonyl (C=O) groups is 1. The maximum atomic E-state index is 13.3. The normalized spacial score (nSPS) is 16.0. The summed E-state index contributed by atoms with van der Waals surface area (Å²) in [6.45, 7) is 2.46. The maximum Gasteiger partial charge on any atom is 0.275 e. The van der Waals surface area contributed by atoms with E-state index in [1.54, 1.807) is 29.6 Å². The van der Waals surface area contributed by atoms with E-state index in [-0.39, 0.29) is 11.9 Å². The zero-order chi connectivity index (χ0) is 22.7. The second-order valence-corrected chi connectivity index (χ2v) is 9.88. The van der Waals surface area contributed by atoms with Gasteiger partial charge < -0.3 is 4.74 Å². The van der Waals surface area contributed by atoms with Crippen molar-refractivity contribution in [1.29, 1.82) is 0 Å². The minimum atomic E-state index is -3.47. The summed E-state index contributed by atoms with van der Waals surface area (Å²) in [5.41, 5.74) is 3.16. The molecule has 1 aromatic heterocycles. The zero-order valence-electron chi connectivity index (χ0n) is 17.7. The Bertz CT molecular complexity index is 1250. The van der Waals surface area contributed by atoms with Crippen molar-refractivity contribution >= 4 is 38.7 Å². The Morgan fingerprint density at radius 1 is 1.22 bits per heavy atom. The van der Waals surface area contributed by atoms with Gasteiger partial charge in [0.25, 0.3) is 5.91 Å². The van der Waals surface area contributed by atoms with Crippen LogP contribution in [0, 0.1) is 0 Å². The summed E-state index contributed by atoms with van der Waals surface area (Å²) in [6, 6.07) is 16.1. The number of nitrogens with one attached hydrogen (secondary N) is 1. The van der Waals surface area contributed by atoms with Crippen molar-refractivity contribution in [2.75, 3.05) is 17.6 Å². The number of hydrogen-bond donors (Lipinski definition) is 1. The Kier molecular flexibility index (Phi) is 6.29. The number of thiophene rings is 1. The number of amides is 1. The van der Waals surface area contributed by atoms with Crippen LogP contribution in [-0.2, 0) is 10.0 Å². The number of para-hydroxylation sites is 1. The summed E-state index contributed by atoms with van der Waals surface area (Å²) in [7, 11) is -3.47. The highest BCUT2D eigenvalue weighted by Gasteiger charge is 2.34. The number of hydrazone groups is 1. The van der Waals surface area contributed by atoms with Crippen LogP contribution in [0.25, 0.3) is 0 Å². The first-order valence-electron chi connectivity index (χ1n) is 10.1. The molecule has 0 saturated carbocycles. The lowest BCUT2D eigenvalue weighted by Crippen LogP contribution is -2.26. The Morgan fingerprint density at radius 3 is 2.75 bits per heavy atom. The highest BCUT2D eigenvalue weighted by Crippen LogP contribution is 2.36. The molecule has 0 aliphatic carbocycles. The quantitative estimate of drug-likeness (QED) is 0.551. The van der Waals surface area contributed by atoms with E-state index in [0.29, 0.717) is 35.6 Å². The molecular formula is C23H23N3O4S2. The predicted molar refractivity (Wildman–Crippen MR) is 127 cm³/mol. The third-order valence-corrected chi connectivity index (χ3v) is 6.25. The maximum absolute atomic E-state index is 13.3. The van der Waals surface area contributed by atoms with Crippen molar-refractivity contribution in [1.82, 2.24) is 5.01 Å². The Balaban J connectivity index is 1.75. The van der Waals surface area contributed by atoms with Gasteiger partial charge in [-0.1, -0.05) is 30.3 Å². The minimum Gasteiger partial charge on any atom is -0.494 e. The van der Waals surface area contributed by atoms with E-state index < -0.39 is 10.0 Å². The van der Waals surface area contributed by atoms with Gasteiger partial charge in [0.2, 0.25) is 10.0 Å². The molecular weight excluding hydrogens is 446 g/mol. The third kappa shape index (κ3) is 4.84. The van der Waals surface area contributed by atoms with E-state index in [2.05, 4.69) is 9.82 Å². The van der Waals surface area contributed by atoms with E-state index >= 15 is 0 Å². The number of sulfonamides is 1. The summed E-state index contributed by atoms with van der Waals surface area (Å²) in [5, 5.41) is 9.80. The number of anilines is 1. The monoisotopic (exact) mass is 469 g/mol. The molecule has 0 saturated heterocycles. The average Bonchev–Trinajstić information content (AvgIpc) is 3.44. The van der Waals surface area contributed by atoms with Crippen LogP contribution in [-0.4, -0.2) is 37.9 Å². The molecule has 1 N–H and O–H groups in total. The Labute approximate surface area is 191 Å². The van der Waals surface area contributed by atoms with Gasteiger partial charge in [-0.2, -0.15) is 16.4 Å². The molecule has 9 heteroatoms. The molecule has 0 unspecified atom stereocenters. The first kappa shape index (κ1) is 22.0. The minimum absolute atomic E-state index is 0.207. The topological polar surface area (TPSA) is 88.1 Å². The fourth-order valence-electron chi connectivity index (χ4n) is 3.64. The van der Waals surface area contributed by atoms with Gasteiger partial charge in [-0.3, -0.25) is 9.52 Å². The van der Waals surface area contributed by atoms with Crippen LogP contribution >= 0.6 is 11.3 Å². The van der Waals surface area contributed by atoms with Gasteiger partial charge >= 0.3 is 0 Å². The lowest BCUT2D eigenvalue weighted by molar-refractivity contribution is 0.0711. The van der Waals surface area contributed by atoms with E-state index in [1.165, 1.54) is 16.3 Å². The molecule has 0 fully saturated rings. The van der Waals surface area contributed by atoms with E-state index in [0.717, 1.165) is 17.6 Å². The van der Waals surface area contributed by atoms with Gasteiger partial charge in [0, 0.05) is 17.4 Å². The smallest absolute Gasteiger partial charge is 0.275 e. The SMILES string of the molecule is CCOc1cccc([C@@H]2CC(c3ccccc3NS(C)(=O)=O)=NN2C(=O)c2ccsc2)c1. The number of rotatable bonds is 7. The summed E-state index contributed by atoms with van der Waals surface area (Å²) >= 11 is 1.45. The van der Waals surface area contributed by atoms with Gasteiger partial charge in [0.05, 0.1) is 35.9 Å². The highest BCUT2D eigenvalue weighted by molar-refractivity contribution is 7.92. The van der Waals surface area contributed by atoms with Crippen LogP contribution in [0.3, 0.4) is 0 Å². The molecule has 1 aliphatic heterocycles. The second kappa shape index (κ2) is 9.13. The van der Waals surface area contributed by atoms with Crippen LogP contribution in [0.2, 0.25) is 0 Å². The van der Waals surface area contributed by atoms with Crippen molar-refractivity contribution in [3.05, 3.63) is 82.0 Å². The largest absolute Gasteiger partial charge is 0.494 e. The Morgan fingerprint density at radius 2 is 2.03 bits per heavy atom. The van der Waals surface area contributed by atoms with Crippen LogP contribution in [0.5, 0.6) is 5.75 Å². The molecule has 32 heavy (non-hydrogen) atoms. The van der Waals surface area contributed by atoms with Gasteiger partial charge in [-0.25, -0.2) is 13.4 Å². The van der Waals surface area contributed by atoms with Crippen molar-refractivity contribution in [3.63, 3.8) is 0 Å². The van der Waals surface area contributed by atoms with E-state index in [1.807, 2.05) is 42.6 Å². The third-order valence-electron chi connectivity index (χ3n) is 4.97. The molecule has 1 aliphatic rings. The number of ether oxygens (including phenoxy) is 1. The summed E-state index contributed by atoms with van der Waals surface area (Å²) in [4.78, 5) is 13.3. The number of benzene rings is 2. The second-order valence-electron chi connectivity index (χ2n) is 7.35. The zero-order valence-corrected chi connectivity index (χ0v) is 19.3. The molecule has 7 nitrogen and oxygen atoms in total. The number of hydrogen-bond acceptors (Lipinski definition) is 6. The predicted octanol–water partition coefficient (Wildman–Crippen LogP) is 4.51. The summed E-state index contributed by atoms with van der Waals surface area (Å²) in [5.74, 6) is 0.516. The van der Waals surface area contributed by atoms with E-state index in [9.17, 15) is 13.2 Å². The number of carbonyl (C=O) groups excluding carboxylic acids is 1. The molecule has 0 radical (unpaired) electrons. The van der Waals surface area contributed by atoms with Gasteiger partial charge in [-0.15, -0.1) is 0 Å². The molecule has 0 bridgehead atoms. The fourth-order valence-corrected chi connectivity index (χ4v) is 4.85. The lowest BCUT2D eigenvalue weighted by atomic mass is 9.97. The van der Waals surface area contributed by atoms with Crippen molar-refractivity contribution in [3.8, 4) is 5.75 Å². The van der Waals surface area contributed by atoms with Crippen molar-refractivity contribution in [2.45, 2.75) is 19.4 Å². The first-order valence-corrected chi connectivity index (χ1v) is 12.9. The van der Waals surface area contributed by atoms with Crippen molar-refractivity contribution in [2.24, 2.45) is 5.10 Å². The van der Waals surface area contributed by atoms with Crippen LogP contribution in [0.1, 0.15) is 40.9 Å². The van der Waals surface area contributed by atoms with Crippen LogP contribution in [0.4, 0.5) is 5.69 Å². The van der Waals surface area contributed by atoms with E-state index in [4.69, 9.17) is 4.74 Å². The number of nitrogens with zero attached hydrogens (tertiary/aromatic N) is 2. The molecule has 2 aromatic carbocycles. The molecule has 2 heterocycles. The molecule has 3 aromatic rings.